The van der Waals surface area contributed by atoms with Crippen LogP contribution in [-0.4, -0.2) is 34.0 Å². The van der Waals surface area contributed by atoms with E-state index in [1.165, 1.54) is 0 Å². The molecule has 0 aliphatic carbocycles. The Bertz CT molecular complexity index is 132. The monoisotopic (exact) mass is 190 g/mol. The third kappa shape index (κ3) is 24.7. The van der Waals surface area contributed by atoms with Crippen LogP contribution < -0.4 is 0 Å². The van der Waals surface area contributed by atoms with Gasteiger partial charge in [-0.2, -0.15) is 0 Å². The molecular formula is C9H18O4. The first-order valence-corrected chi connectivity index (χ1v) is 4.18. The van der Waals surface area contributed by atoms with Gasteiger partial charge in [0.15, 0.2) is 0 Å². The first-order chi connectivity index (χ1) is 6.04. The average molecular weight is 190 g/mol. The number of hydrogen-bond acceptors (Lipinski definition) is 3. The van der Waals surface area contributed by atoms with E-state index in [2.05, 4.69) is 6.58 Å². The van der Waals surface area contributed by atoms with Crippen LogP contribution in [0.4, 0.5) is 0 Å². The summed E-state index contributed by atoms with van der Waals surface area (Å²) in [5, 5.41) is 24.6. The van der Waals surface area contributed by atoms with E-state index in [9.17, 15) is 4.79 Å². The molecule has 0 amide bonds. The van der Waals surface area contributed by atoms with Gasteiger partial charge in [0.2, 0.25) is 0 Å². The van der Waals surface area contributed by atoms with Crippen molar-refractivity contribution in [2.75, 3.05) is 6.61 Å². The van der Waals surface area contributed by atoms with Gasteiger partial charge < -0.3 is 15.3 Å². The number of unbranched alkanes of at least 4 members (excludes halogenated alkanes) is 1. The molecule has 1 atom stereocenters. The predicted molar refractivity (Wildman–Crippen MR) is 50.5 cm³/mol. The number of hydrogen-bond donors (Lipinski definition) is 3. The standard InChI is InChI=1S/C6H14O2.C3H4O2/c1-6(8)4-2-3-5-7;1-2-3(4)5/h6-8H,2-5H2,1H3;2H,1H2,(H,4,5). The summed E-state index contributed by atoms with van der Waals surface area (Å²) >= 11 is 0. The Balaban J connectivity index is 0. The fraction of sp³-hybridized carbons (Fsp3) is 0.667. The first kappa shape index (κ1) is 14.6. The Morgan fingerprint density at radius 2 is 2.00 bits per heavy atom. The SMILES string of the molecule is C=CC(=O)O.CC(O)CCCCO. The summed E-state index contributed by atoms with van der Waals surface area (Å²) in [6.07, 6.45) is 3.17. The van der Waals surface area contributed by atoms with Gasteiger partial charge in [-0.15, -0.1) is 0 Å². The van der Waals surface area contributed by atoms with Gasteiger partial charge in [0.1, 0.15) is 0 Å². The summed E-state index contributed by atoms with van der Waals surface area (Å²) < 4.78 is 0. The minimum absolute atomic E-state index is 0.207. The molecule has 0 spiro atoms. The highest BCUT2D eigenvalue weighted by Gasteiger charge is 1.92. The molecule has 0 heterocycles. The Morgan fingerprint density at radius 3 is 2.23 bits per heavy atom. The van der Waals surface area contributed by atoms with Crippen LogP contribution in [0.25, 0.3) is 0 Å². The van der Waals surface area contributed by atoms with Gasteiger partial charge in [-0.3, -0.25) is 0 Å². The molecule has 0 bridgehead atoms. The van der Waals surface area contributed by atoms with Crippen molar-refractivity contribution in [3.8, 4) is 0 Å². The van der Waals surface area contributed by atoms with Crippen LogP contribution in [0, 0.1) is 0 Å². The van der Waals surface area contributed by atoms with Gasteiger partial charge in [-0.25, -0.2) is 4.79 Å². The highest BCUT2D eigenvalue weighted by Crippen LogP contribution is 1.97. The highest BCUT2D eigenvalue weighted by atomic mass is 16.4. The van der Waals surface area contributed by atoms with Gasteiger partial charge in [0.05, 0.1) is 6.10 Å². The third-order valence-electron chi connectivity index (χ3n) is 1.20. The topological polar surface area (TPSA) is 77.8 Å². The van der Waals surface area contributed by atoms with Gasteiger partial charge >= 0.3 is 5.97 Å². The number of aliphatic hydroxyl groups is 2. The summed E-state index contributed by atoms with van der Waals surface area (Å²) in [5.41, 5.74) is 0. The highest BCUT2D eigenvalue weighted by molar-refractivity contribution is 5.78. The number of aliphatic hydroxyl groups excluding tert-OH is 2. The van der Waals surface area contributed by atoms with E-state index in [-0.39, 0.29) is 12.7 Å². The number of carbonyl (C=O) groups is 1. The van der Waals surface area contributed by atoms with Crippen LogP contribution in [0.15, 0.2) is 12.7 Å². The van der Waals surface area contributed by atoms with Crippen LogP contribution in [0.2, 0.25) is 0 Å². The molecule has 0 aromatic carbocycles. The molecule has 0 aliphatic rings. The number of rotatable bonds is 5. The second-order valence-electron chi connectivity index (χ2n) is 2.61. The molecular weight excluding hydrogens is 172 g/mol. The minimum Gasteiger partial charge on any atom is -0.478 e. The first-order valence-electron chi connectivity index (χ1n) is 4.18. The lowest BCUT2D eigenvalue weighted by atomic mass is 10.2. The van der Waals surface area contributed by atoms with Gasteiger partial charge in [-0.1, -0.05) is 6.58 Å². The molecule has 78 valence electrons. The van der Waals surface area contributed by atoms with Gasteiger partial charge in [0, 0.05) is 12.7 Å². The molecule has 13 heavy (non-hydrogen) atoms. The van der Waals surface area contributed by atoms with Crippen LogP contribution in [0.3, 0.4) is 0 Å². The van der Waals surface area contributed by atoms with Crippen molar-refractivity contribution in [3.63, 3.8) is 0 Å². The zero-order chi connectivity index (χ0) is 10.7. The molecule has 0 aromatic heterocycles. The van der Waals surface area contributed by atoms with E-state index < -0.39 is 5.97 Å². The molecule has 0 aliphatic heterocycles. The maximum atomic E-state index is 9.25. The zero-order valence-electron chi connectivity index (χ0n) is 7.94. The van der Waals surface area contributed by atoms with E-state index >= 15 is 0 Å². The lowest BCUT2D eigenvalue weighted by Crippen LogP contribution is -1.98. The van der Waals surface area contributed by atoms with Crippen molar-refractivity contribution < 1.29 is 20.1 Å². The summed E-state index contributed by atoms with van der Waals surface area (Å²) in [6, 6.07) is 0. The van der Waals surface area contributed by atoms with Gasteiger partial charge in [-0.05, 0) is 26.2 Å². The molecule has 0 aromatic rings. The lowest BCUT2D eigenvalue weighted by molar-refractivity contribution is -0.131. The minimum atomic E-state index is -0.981. The van der Waals surface area contributed by atoms with Crippen molar-refractivity contribution in [2.24, 2.45) is 0 Å². The van der Waals surface area contributed by atoms with Crippen LogP contribution in [0.1, 0.15) is 26.2 Å². The van der Waals surface area contributed by atoms with Crippen LogP contribution >= 0.6 is 0 Å². The van der Waals surface area contributed by atoms with Crippen molar-refractivity contribution in [1.82, 2.24) is 0 Å². The molecule has 1 unspecified atom stereocenters. The Labute approximate surface area is 78.5 Å². The van der Waals surface area contributed by atoms with E-state index in [4.69, 9.17) is 15.3 Å². The second-order valence-corrected chi connectivity index (χ2v) is 2.61. The van der Waals surface area contributed by atoms with E-state index in [1.807, 2.05) is 0 Å². The summed E-state index contributed by atoms with van der Waals surface area (Å²) in [6.45, 7) is 4.96. The summed E-state index contributed by atoms with van der Waals surface area (Å²) in [5.74, 6) is -0.981. The Morgan fingerprint density at radius 1 is 1.54 bits per heavy atom. The van der Waals surface area contributed by atoms with Gasteiger partial charge in [0.25, 0.3) is 0 Å². The number of carboxylic acid groups (broad SMARTS) is 1. The van der Waals surface area contributed by atoms with Crippen molar-refractivity contribution in [2.45, 2.75) is 32.3 Å². The maximum absolute atomic E-state index is 9.25. The molecule has 0 radical (unpaired) electrons. The molecule has 0 fully saturated rings. The molecule has 0 rings (SSSR count). The second kappa shape index (κ2) is 11.1. The molecule has 4 nitrogen and oxygen atoms in total. The normalized spacial score (nSPS) is 11.0. The molecule has 0 saturated heterocycles. The smallest absolute Gasteiger partial charge is 0.327 e. The third-order valence-corrected chi connectivity index (χ3v) is 1.20. The molecule has 3 N–H and O–H groups in total. The van der Waals surface area contributed by atoms with Crippen molar-refractivity contribution >= 4 is 5.97 Å². The van der Waals surface area contributed by atoms with Crippen molar-refractivity contribution in [3.05, 3.63) is 12.7 Å². The number of carboxylic acids is 1. The average Bonchev–Trinajstić information content (AvgIpc) is 2.05. The lowest BCUT2D eigenvalue weighted by Gasteiger charge is -1.99. The predicted octanol–water partition coefficient (Wildman–Crippen LogP) is 0.787. The summed E-state index contributed by atoms with van der Waals surface area (Å²) in [7, 11) is 0. The fourth-order valence-electron chi connectivity index (χ4n) is 0.552. The van der Waals surface area contributed by atoms with Crippen LogP contribution in [0.5, 0.6) is 0 Å². The molecule has 4 heteroatoms. The van der Waals surface area contributed by atoms with Crippen LogP contribution in [-0.2, 0) is 4.79 Å². The van der Waals surface area contributed by atoms with Crippen molar-refractivity contribution in [1.29, 1.82) is 0 Å². The quantitative estimate of drug-likeness (QED) is 0.442. The fourth-order valence-corrected chi connectivity index (χ4v) is 0.552. The number of aliphatic carboxylic acids is 1. The Kier molecular flexibility index (Phi) is 12.5. The van der Waals surface area contributed by atoms with E-state index in [0.717, 1.165) is 25.3 Å². The Hall–Kier alpha value is -0.870. The largest absolute Gasteiger partial charge is 0.478 e. The van der Waals surface area contributed by atoms with E-state index in [0.29, 0.717) is 0 Å². The maximum Gasteiger partial charge on any atom is 0.327 e. The summed E-state index contributed by atoms with van der Waals surface area (Å²) in [4.78, 5) is 9.25. The molecule has 0 saturated carbocycles. The zero-order valence-corrected chi connectivity index (χ0v) is 7.94. The van der Waals surface area contributed by atoms with E-state index in [1.54, 1.807) is 6.92 Å².